The Kier molecular flexibility index (Phi) is 6.99. The minimum Gasteiger partial charge on any atom is -0.393 e. The summed E-state index contributed by atoms with van der Waals surface area (Å²) in [6.07, 6.45) is 0.0576. The molecular weight excluding hydrogens is 438 g/mol. The highest BCUT2D eigenvalue weighted by Crippen LogP contribution is 2.25. The number of nitrogens with one attached hydrogen (secondary N) is 1. The SMILES string of the molecule is Cc1c2c(nn1CC(CO)ON(C)C=O)CCN(C(=O)Nc1cc(F)c(F)c(F)c1F)C2. The second-order valence-electron chi connectivity index (χ2n) is 7.20. The normalized spacial score (nSPS) is 14.2. The number of rotatable bonds is 7. The summed E-state index contributed by atoms with van der Waals surface area (Å²) in [4.78, 5) is 29.8. The molecule has 32 heavy (non-hydrogen) atoms. The average molecular weight is 459 g/mol. The van der Waals surface area contributed by atoms with E-state index in [1.807, 2.05) is 0 Å². The second kappa shape index (κ2) is 9.53. The zero-order valence-corrected chi connectivity index (χ0v) is 17.2. The summed E-state index contributed by atoms with van der Waals surface area (Å²) in [7, 11) is 1.38. The molecule has 3 amide bonds. The Hall–Kier alpha value is -3.19. The number of benzene rings is 1. The number of hydrogen-bond donors (Lipinski definition) is 2. The molecule has 1 aliphatic heterocycles. The van der Waals surface area contributed by atoms with Crippen molar-refractivity contribution in [1.29, 1.82) is 0 Å². The maximum Gasteiger partial charge on any atom is 0.322 e. The molecule has 3 rings (SSSR count). The lowest BCUT2D eigenvalue weighted by Crippen LogP contribution is -2.39. The highest BCUT2D eigenvalue weighted by Gasteiger charge is 2.28. The molecule has 1 aliphatic rings. The first-order valence-corrected chi connectivity index (χ1v) is 9.56. The van der Waals surface area contributed by atoms with Crippen molar-refractivity contribution < 1.29 is 37.1 Å². The van der Waals surface area contributed by atoms with Crippen molar-refractivity contribution in [2.24, 2.45) is 0 Å². The molecule has 0 aliphatic carbocycles. The Morgan fingerprint density at radius 3 is 2.72 bits per heavy atom. The van der Waals surface area contributed by atoms with E-state index in [0.29, 0.717) is 35.8 Å². The van der Waals surface area contributed by atoms with Crippen LogP contribution in [0.25, 0.3) is 0 Å². The molecule has 1 aromatic carbocycles. The number of amides is 3. The van der Waals surface area contributed by atoms with Crippen LogP contribution in [0.5, 0.6) is 0 Å². The van der Waals surface area contributed by atoms with Crippen LogP contribution in [0.4, 0.5) is 28.0 Å². The van der Waals surface area contributed by atoms with Crippen molar-refractivity contribution in [3.05, 3.63) is 46.3 Å². The Morgan fingerprint density at radius 1 is 1.34 bits per heavy atom. The number of hydroxylamine groups is 2. The smallest absolute Gasteiger partial charge is 0.322 e. The number of aliphatic hydroxyl groups excluding tert-OH is 1. The predicted octanol–water partition coefficient (Wildman–Crippen LogP) is 1.72. The van der Waals surface area contributed by atoms with E-state index >= 15 is 0 Å². The van der Waals surface area contributed by atoms with Crippen LogP contribution in [0, 0.1) is 30.2 Å². The fourth-order valence-electron chi connectivity index (χ4n) is 3.35. The van der Waals surface area contributed by atoms with E-state index < -0.39 is 41.1 Å². The highest BCUT2D eigenvalue weighted by atomic mass is 19.2. The predicted molar refractivity (Wildman–Crippen MR) is 102 cm³/mol. The van der Waals surface area contributed by atoms with Gasteiger partial charge >= 0.3 is 6.03 Å². The van der Waals surface area contributed by atoms with Crippen LogP contribution >= 0.6 is 0 Å². The van der Waals surface area contributed by atoms with Gasteiger partial charge in [-0.05, 0) is 6.92 Å². The van der Waals surface area contributed by atoms with Crippen LogP contribution in [0.1, 0.15) is 17.0 Å². The maximum atomic E-state index is 13.9. The monoisotopic (exact) mass is 459 g/mol. The summed E-state index contributed by atoms with van der Waals surface area (Å²) in [5, 5.41) is 16.9. The molecule has 0 spiro atoms. The summed E-state index contributed by atoms with van der Waals surface area (Å²) in [5.74, 6) is -7.30. The number of nitrogens with zero attached hydrogens (tertiary/aromatic N) is 4. The third-order valence-corrected chi connectivity index (χ3v) is 5.06. The van der Waals surface area contributed by atoms with Gasteiger partial charge < -0.3 is 15.3 Å². The number of hydrogen-bond acceptors (Lipinski definition) is 5. The number of anilines is 1. The lowest BCUT2D eigenvalue weighted by molar-refractivity contribution is -0.192. The van der Waals surface area contributed by atoms with Gasteiger partial charge in [0.1, 0.15) is 6.10 Å². The number of carbonyl (C=O) groups is 2. The Morgan fingerprint density at radius 2 is 2.06 bits per heavy atom. The lowest BCUT2D eigenvalue weighted by Gasteiger charge is -2.27. The Bertz CT molecular complexity index is 1030. The zero-order chi connectivity index (χ0) is 23.6. The van der Waals surface area contributed by atoms with Crippen LogP contribution < -0.4 is 5.32 Å². The van der Waals surface area contributed by atoms with E-state index in [1.165, 1.54) is 11.9 Å². The number of halogens is 4. The minimum atomic E-state index is -2.01. The molecule has 2 aromatic rings. The van der Waals surface area contributed by atoms with Crippen LogP contribution in [0.3, 0.4) is 0 Å². The van der Waals surface area contributed by atoms with Crippen molar-refractivity contribution in [2.75, 3.05) is 25.5 Å². The highest BCUT2D eigenvalue weighted by molar-refractivity contribution is 5.89. The largest absolute Gasteiger partial charge is 0.393 e. The standard InChI is InChI=1S/C19H21F4N5O4/c1-10-12-7-27(19(31)24-15-5-13(20)16(21)18(23)17(15)22)4-3-14(12)25-28(10)6-11(8-29)32-26(2)9-30/h5,9,11,29H,3-4,6-8H2,1-2H3,(H,24,31). The molecule has 1 atom stereocenters. The van der Waals surface area contributed by atoms with Gasteiger partial charge in [-0.3, -0.25) is 14.3 Å². The fraction of sp³-hybridized carbons (Fsp3) is 0.421. The Labute approximate surface area is 180 Å². The maximum absolute atomic E-state index is 13.9. The molecule has 2 heterocycles. The molecule has 1 unspecified atom stereocenters. The lowest BCUT2D eigenvalue weighted by atomic mass is 10.1. The van der Waals surface area contributed by atoms with Crippen LogP contribution in [0.2, 0.25) is 0 Å². The second-order valence-corrected chi connectivity index (χ2v) is 7.20. The van der Waals surface area contributed by atoms with E-state index in [-0.39, 0.29) is 26.2 Å². The minimum absolute atomic E-state index is 0.0830. The van der Waals surface area contributed by atoms with E-state index in [4.69, 9.17) is 4.84 Å². The van der Waals surface area contributed by atoms with Gasteiger partial charge in [0, 0.05) is 37.3 Å². The molecule has 0 saturated carbocycles. The van der Waals surface area contributed by atoms with Crippen molar-refractivity contribution in [3.8, 4) is 0 Å². The van der Waals surface area contributed by atoms with Gasteiger partial charge in [0.25, 0.3) is 0 Å². The van der Waals surface area contributed by atoms with Gasteiger partial charge in [-0.15, -0.1) is 0 Å². The first kappa shape index (κ1) is 23.5. The average Bonchev–Trinajstić information content (AvgIpc) is 3.09. The molecule has 0 fully saturated rings. The summed E-state index contributed by atoms with van der Waals surface area (Å²) in [6, 6.07) is -0.452. The molecular formula is C19H21F4N5O4. The van der Waals surface area contributed by atoms with Crippen molar-refractivity contribution in [3.63, 3.8) is 0 Å². The van der Waals surface area contributed by atoms with Gasteiger partial charge in [0.2, 0.25) is 6.41 Å². The molecule has 13 heteroatoms. The Balaban J connectivity index is 1.73. The first-order chi connectivity index (χ1) is 15.2. The van der Waals surface area contributed by atoms with Crippen molar-refractivity contribution >= 4 is 18.1 Å². The van der Waals surface area contributed by atoms with Crippen LogP contribution in [-0.4, -0.2) is 63.6 Å². The summed E-state index contributed by atoms with van der Waals surface area (Å²) in [5.41, 5.74) is 1.28. The van der Waals surface area contributed by atoms with Crippen LogP contribution in [0.15, 0.2) is 6.07 Å². The number of aliphatic hydroxyl groups is 1. The van der Waals surface area contributed by atoms with E-state index in [0.717, 1.165) is 5.06 Å². The summed E-state index contributed by atoms with van der Waals surface area (Å²) < 4.78 is 55.4. The number of aromatic nitrogens is 2. The van der Waals surface area contributed by atoms with Gasteiger partial charge in [0.15, 0.2) is 23.3 Å². The van der Waals surface area contributed by atoms with Gasteiger partial charge in [-0.1, -0.05) is 0 Å². The topological polar surface area (TPSA) is 99.9 Å². The summed E-state index contributed by atoms with van der Waals surface area (Å²) >= 11 is 0. The van der Waals surface area contributed by atoms with E-state index in [2.05, 4.69) is 10.4 Å². The van der Waals surface area contributed by atoms with Gasteiger partial charge in [-0.2, -0.15) is 5.10 Å². The molecule has 174 valence electrons. The molecule has 0 bridgehead atoms. The van der Waals surface area contributed by atoms with Gasteiger partial charge in [0.05, 0.1) is 31.1 Å². The number of urea groups is 1. The van der Waals surface area contributed by atoms with Crippen molar-refractivity contribution in [2.45, 2.75) is 32.5 Å². The molecule has 0 saturated heterocycles. The van der Waals surface area contributed by atoms with Crippen LogP contribution in [-0.2, 0) is 29.1 Å². The zero-order valence-electron chi connectivity index (χ0n) is 17.2. The van der Waals surface area contributed by atoms with Gasteiger partial charge in [-0.25, -0.2) is 27.4 Å². The molecule has 0 radical (unpaired) electrons. The van der Waals surface area contributed by atoms with Crippen molar-refractivity contribution in [1.82, 2.24) is 19.7 Å². The number of fused-ring (bicyclic) bond motifs is 1. The molecule has 9 nitrogen and oxygen atoms in total. The number of carbonyl (C=O) groups excluding carboxylic acids is 2. The van der Waals surface area contributed by atoms with E-state index in [1.54, 1.807) is 11.6 Å². The summed E-state index contributed by atoms with van der Waals surface area (Å²) in [6.45, 7) is 1.79. The van der Waals surface area contributed by atoms with E-state index in [9.17, 15) is 32.3 Å². The third-order valence-electron chi connectivity index (χ3n) is 5.06. The fourth-order valence-corrected chi connectivity index (χ4v) is 3.35. The quantitative estimate of drug-likeness (QED) is 0.216. The first-order valence-electron chi connectivity index (χ1n) is 9.56. The third kappa shape index (κ3) is 4.67. The molecule has 1 aromatic heterocycles. The molecule has 2 N–H and O–H groups in total.